The second-order valence-corrected chi connectivity index (χ2v) is 9.58. The van der Waals surface area contributed by atoms with Gasteiger partial charge in [0.15, 0.2) is 0 Å². The number of carbonyl (C=O) groups is 1. The van der Waals surface area contributed by atoms with E-state index in [4.69, 9.17) is 0 Å². The van der Waals surface area contributed by atoms with Crippen molar-refractivity contribution in [2.75, 3.05) is 16.8 Å². The molecule has 2 bridgehead atoms. The number of aryl methyl sites for hydroxylation is 2. The van der Waals surface area contributed by atoms with Gasteiger partial charge in [-0.25, -0.2) is 4.39 Å². The first-order valence-corrected chi connectivity index (χ1v) is 10.1. The molecule has 2 aromatic rings. The summed E-state index contributed by atoms with van der Waals surface area (Å²) in [7, 11) is 0. The molecule has 1 aliphatic carbocycles. The molecule has 1 N–H and O–H groups in total. The maximum Gasteiger partial charge on any atom is 0.224 e. The molecule has 1 aliphatic heterocycles. The first kappa shape index (κ1) is 19.0. The average Bonchev–Trinajstić information content (AvgIpc) is 3.16. The molecule has 2 aromatic carbocycles. The predicted octanol–water partition coefficient (Wildman–Crippen LogP) is 5.87. The van der Waals surface area contributed by atoms with Gasteiger partial charge in [0, 0.05) is 35.8 Å². The maximum absolute atomic E-state index is 14.5. The summed E-state index contributed by atoms with van der Waals surface area (Å²) in [5.74, 6) is 0.361. The first-order valence-electron chi connectivity index (χ1n) is 10.1. The fourth-order valence-corrected chi connectivity index (χ4v) is 4.85. The van der Waals surface area contributed by atoms with Crippen LogP contribution in [0.5, 0.6) is 0 Å². The van der Waals surface area contributed by atoms with Crippen LogP contribution in [0.3, 0.4) is 0 Å². The molecule has 2 unspecified atom stereocenters. The number of carbonyl (C=O) groups excluding carboxylic acids is 1. The SMILES string of the molecule is Cc1cc(N2CC3CC2c2c(F)cccc23)cc(C)c1NC(=O)CC(C)(C)C. The van der Waals surface area contributed by atoms with Crippen molar-refractivity contribution in [1.29, 1.82) is 0 Å². The summed E-state index contributed by atoms with van der Waals surface area (Å²) in [6.45, 7) is 11.2. The van der Waals surface area contributed by atoms with Gasteiger partial charge in [-0.05, 0) is 60.6 Å². The first-order chi connectivity index (χ1) is 13.1. The quantitative estimate of drug-likeness (QED) is 0.723. The van der Waals surface area contributed by atoms with E-state index in [0.29, 0.717) is 12.3 Å². The highest BCUT2D eigenvalue weighted by molar-refractivity contribution is 5.93. The largest absolute Gasteiger partial charge is 0.364 e. The highest BCUT2D eigenvalue weighted by Gasteiger charge is 2.44. The van der Waals surface area contributed by atoms with E-state index < -0.39 is 0 Å². The van der Waals surface area contributed by atoms with Crippen LogP contribution in [0.15, 0.2) is 30.3 Å². The van der Waals surface area contributed by atoms with Gasteiger partial charge < -0.3 is 10.2 Å². The number of amides is 1. The number of nitrogens with zero attached hydrogens (tertiary/aromatic N) is 1. The van der Waals surface area contributed by atoms with Crippen LogP contribution >= 0.6 is 0 Å². The Morgan fingerprint density at radius 3 is 2.54 bits per heavy atom. The van der Waals surface area contributed by atoms with Gasteiger partial charge in [-0.1, -0.05) is 32.9 Å². The van der Waals surface area contributed by atoms with Crippen molar-refractivity contribution < 1.29 is 9.18 Å². The number of hydrogen-bond acceptors (Lipinski definition) is 2. The van der Waals surface area contributed by atoms with Gasteiger partial charge in [-0.3, -0.25) is 4.79 Å². The third-order valence-electron chi connectivity index (χ3n) is 5.97. The van der Waals surface area contributed by atoms with E-state index in [1.165, 1.54) is 5.56 Å². The van der Waals surface area contributed by atoms with E-state index in [-0.39, 0.29) is 23.2 Å². The summed E-state index contributed by atoms with van der Waals surface area (Å²) in [6.07, 6.45) is 1.47. The van der Waals surface area contributed by atoms with Crippen molar-refractivity contribution in [2.45, 2.75) is 59.4 Å². The van der Waals surface area contributed by atoms with Crippen LogP contribution in [0.25, 0.3) is 0 Å². The third-order valence-corrected chi connectivity index (χ3v) is 5.97. The molecule has 0 spiro atoms. The van der Waals surface area contributed by atoms with Crippen LogP contribution in [0, 0.1) is 25.1 Å². The predicted molar refractivity (Wildman–Crippen MR) is 112 cm³/mol. The fraction of sp³-hybridized carbons (Fsp3) is 0.458. The molecular weight excluding hydrogens is 351 g/mol. The monoisotopic (exact) mass is 380 g/mol. The zero-order valence-electron chi connectivity index (χ0n) is 17.4. The summed E-state index contributed by atoms with van der Waals surface area (Å²) < 4.78 is 14.5. The number of halogens is 1. The Labute approximate surface area is 166 Å². The number of anilines is 2. The molecule has 4 rings (SSSR count). The second-order valence-electron chi connectivity index (χ2n) is 9.58. The Morgan fingerprint density at radius 2 is 1.89 bits per heavy atom. The minimum atomic E-state index is -0.0887. The minimum Gasteiger partial charge on any atom is -0.364 e. The highest BCUT2D eigenvalue weighted by Crippen LogP contribution is 2.52. The zero-order chi connectivity index (χ0) is 20.2. The lowest BCUT2D eigenvalue weighted by atomic mass is 9.92. The summed E-state index contributed by atoms with van der Waals surface area (Å²) in [5.41, 5.74) is 6.12. The molecule has 0 aromatic heterocycles. The van der Waals surface area contributed by atoms with E-state index in [1.54, 1.807) is 6.07 Å². The standard InChI is InChI=1S/C24H29FN2O/c1-14-9-17(10-15(2)23(14)26-21(28)12-24(3,4)5)27-13-16-11-20(27)22-18(16)7-6-8-19(22)25/h6-10,16,20H,11-13H2,1-5H3,(H,26,28). The van der Waals surface area contributed by atoms with E-state index in [9.17, 15) is 9.18 Å². The molecule has 0 radical (unpaired) electrons. The second kappa shape index (κ2) is 6.61. The summed E-state index contributed by atoms with van der Waals surface area (Å²) in [5, 5.41) is 3.09. The molecule has 1 fully saturated rings. The number of rotatable bonds is 3. The molecule has 28 heavy (non-hydrogen) atoms. The minimum absolute atomic E-state index is 0.0436. The van der Waals surface area contributed by atoms with Gasteiger partial charge in [0.1, 0.15) is 5.82 Å². The average molecular weight is 381 g/mol. The van der Waals surface area contributed by atoms with Crippen LogP contribution < -0.4 is 10.2 Å². The van der Waals surface area contributed by atoms with E-state index in [2.05, 4.69) is 49.2 Å². The lowest BCUT2D eigenvalue weighted by Crippen LogP contribution is -2.28. The molecule has 2 aliphatic rings. The molecule has 3 nitrogen and oxygen atoms in total. The molecular formula is C24H29FN2O. The normalized spacial score (nSPS) is 20.4. The molecule has 1 amide bonds. The van der Waals surface area contributed by atoms with Gasteiger partial charge in [0.2, 0.25) is 5.91 Å². The third kappa shape index (κ3) is 3.30. The zero-order valence-corrected chi connectivity index (χ0v) is 17.4. The maximum atomic E-state index is 14.5. The number of nitrogens with one attached hydrogen (secondary N) is 1. The molecule has 148 valence electrons. The highest BCUT2D eigenvalue weighted by atomic mass is 19.1. The number of hydrogen-bond donors (Lipinski definition) is 1. The molecule has 0 saturated carbocycles. The van der Waals surface area contributed by atoms with Gasteiger partial charge in [0.05, 0.1) is 6.04 Å². The number of benzene rings is 2. The van der Waals surface area contributed by atoms with Crippen LogP contribution in [0.2, 0.25) is 0 Å². The Kier molecular flexibility index (Phi) is 4.48. The smallest absolute Gasteiger partial charge is 0.224 e. The van der Waals surface area contributed by atoms with Gasteiger partial charge in [0.25, 0.3) is 0 Å². The Bertz CT molecular complexity index is 921. The molecule has 1 saturated heterocycles. The Balaban J connectivity index is 1.60. The number of fused-ring (bicyclic) bond motifs is 5. The molecule has 4 heteroatoms. The molecule has 2 atom stereocenters. The van der Waals surface area contributed by atoms with Crippen LogP contribution in [-0.2, 0) is 4.79 Å². The van der Waals surface area contributed by atoms with Gasteiger partial charge in [-0.15, -0.1) is 0 Å². The Morgan fingerprint density at radius 1 is 1.21 bits per heavy atom. The van der Waals surface area contributed by atoms with Crippen molar-refractivity contribution in [2.24, 2.45) is 5.41 Å². The van der Waals surface area contributed by atoms with E-state index >= 15 is 0 Å². The van der Waals surface area contributed by atoms with Crippen molar-refractivity contribution >= 4 is 17.3 Å². The van der Waals surface area contributed by atoms with Crippen LogP contribution in [0.4, 0.5) is 15.8 Å². The van der Waals surface area contributed by atoms with E-state index in [1.807, 2.05) is 19.9 Å². The van der Waals surface area contributed by atoms with Crippen molar-refractivity contribution in [3.05, 3.63) is 58.4 Å². The van der Waals surface area contributed by atoms with Crippen LogP contribution in [0.1, 0.15) is 67.8 Å². The summed E-state index contributed by atoms with van der Waals surface area (Å²) in [6, 6.07) is 9.83. The van der Waals surface area contributed by atoms with Crippen molar-refractivity contribution in [1.82, 2.24) is 0 Å². The summed E-state index contributed by atoms with van der Waals surface area (Å²) in [4.78, 5) is 14.7. The van der Waals surface area contributed by atoms with Crippen molar-refractivity contribution in [3.8, 4) is 0 Å². The topological polar surface area (TPSA) is 32.3 Å². The van der Waals surface area contributed by atoms with Crippen LogP contribution in [-0.4, -0.2) is 12.5 Å². The fourth-order valence-electron chi connectivity index (χ4n) is 4.85. The van der Waals surface area contributed by atoms with E-state index in [0.717, 1.165) is 41.0 Å². The molecule has 1 heterocycles. The van der Waals surface area contributed by atoms with Gasteiger partial charge >= 0.3 is 0 Å². The van der Waals surface area contributed by atoms with Crippen molar-refractivity contribution in [3.63, 3.8) is 0 Å². The Hall–Kier alpha value is -2.36. The lowest BCUT2D eigenvalue weighted by Gasteiger charge is -2.32. The lowest BCUT2D eigenvalue weighted by molar-refractivity contribution is -0.117. The van der Waals surface area contributed by atoms with Gasteiger partial charge in [-0.2, -0.15) is 0 Å². The summed E-state index contributed by atoms with van der Waals surface area (Å²) >= 11 is 0.